The number of nitrogens with zero attached hydrogens (tertiary/aromatic N) is 1. The zero-order valence-electron chi connectivity index (χ0n) is 19.5. The molecule has 0 radical (unpaired) electrons. The molecular weight excluding hydrogens is 338 g/mol. The Kier molecular flexibility index (Phi) is 16.1. The van der Waals surface area contributed by atoms with E-state index in [9.17, 15) is 0 Å². The van der Waals surface area contributed by atoms with Crippen molar-refractivity contribution in [3.63, 3.8) is 0 Å². The average Bonchev–Trinajstić information content (AvgIpc) is 2.75. The number of rotatable bonds is 8. The highest BCUT2D eigenvalue weighted by Crippen LogP contribution is 2.27. The van der Waals surface area contributed by atoms with Crippen LogP contribution in [0.4, 0.5) is 0 Å². The van der Waals surface area contributed by atoms with Crippen LogP contribution in [0, 0.1) is 6.92 Å². The summed E-state index contributed by atoms with van der Waals surface area (Å²) in [6, 6.07) is 18.1. The van der Waals surface area contributed by atoms with E-state index in [0.717, 1.165) is 12.3 Å². The first kappa shape index (κ1) is 26.1. The van der Waals surface area contributed by atoms with Crippen LogP contribution in [-0.4, -0.2) is 13.3 Å². The molecule has 2 aromatic rings. The second-order valence-electron chi connectivity index (χ2n) is 6.99. The van der Waals surface area contributed by atoms with Gasteiger partial charge in [-0.15, -0.1) is 0 Å². The summed E-state index contributed by atoms with van der Waals surface area (Å²) < 4.78 is 0. The molecule has 0 heterocycles. The maximum absolute atomic E-state index is 3.61. The van der Waals surface area contributed by atoms with Gasteiger partial charge in [-0.2, -0.15) is 0 Å². The normalized spacial score (nSPS) is 11.2. The van der Waals surface area contributed by atoms with E-state index < -0.39 is 0 Å². The number of aliphatic imine (C=N–C) groups is 1. The topological polar surface area (TPSA) is 12.4 Å². The lowest BCUT2D eigenvalue weighted by atomic mass is 9.88. The third kappa shape index (κ3) is 10.4. The monoisotopic (exact) mass is 381 g/mol. The quantitative estimate of drug-likeness (QED) is 0.407. The Morgan fingerprint density at radius 2 is 1.50 bits per heavy atom. The molecule has 1 nitrogen and oxygen atoms in total. The Balaban J connectivity index is 0.00000108. The first-order chi connectivity index (χ1) is 13.7. The summed E-state index contributed by atoms with van der Waals surface area (Å²) in [5, 5.41) is 0. The van der Waals surface area contributed by atoms with Crippen molar-refractivity contribution in [2.45, 2.75) is 86.0 Å². The van der Waals surface area contributed by atoms with Crippen molar-refractivity contribution < 1.29 is 0 Å². The largest absolute Gasteiger partial charge is 0.301 e. The molecule has 1 heteroatoms. The van der Waals surface area contributed by atoms with E-state index in [1.807, 2.05) is 20.8 Å². The summed E-state index contributed by atoms with van der Waals surface area (Å²) >= 11 is 0. The van der Waals surface area contributed by atoms with Crippen molar-refractivity contribution >= 4 is 6.21 Å². The van der Waals surface area contributed by atoms with E-state index in [1.165, 1.54) is 54.4 Å². The van der Waals surface area contributed by atoms with E-state index in [1.54, 1.807) is 13.3 Å². The first-order valence-electron chi connectivity index (χ1n) is 11.2. The van der Waals surface area contributed by atoms with E-state index in [4.69, 9.17) is 0 Å². The van der Waals surface area contributed by atoms with Gasteiger partial charge in [0.1, 0.15) is 0 Å². The lowest BCUT2D eigenvalue weighted by Gasteiger charge is -2.17. The molecule has 1 atom stereocenters. The Labute approximate surface area is 175 Å². The number of hydrogen-bond acceptors (Lipinski definition) is 1. The van der Waals surface area contributed by atoms with Crippen molar-refractivity contribution in [2.75, 3.05) is 7.05 Å². The molecule has 0 fully saturated rings. The second-order valence-corrected chi connectivity index (χ2v) is 6.99. The van der Waals surface area contributed by atoms with Crippen LogP contribution < -0.4 is 0 Å². The fourth-order valence-corrected chi connectivity index (χ4v) is 3.21. The smallest absolute Gasteiger partial charge is 0.0273 e. The molecule has 156 valence electrons. The summed E-state index contributed by atoms with van der Waals surface area (Å²) in [6.07, 6.45) is 9.36. The molecule has 0 aliphatic heterocycles. The maximum Gasteiger partial charge on any atom is 0.0273 e. The molecule has 0 aliphatic rings. The van der Waals surface area contributed by atoms with Crippen molar-refractivity contribution in [1.82, 2.24) is 0 Å². The van der Waals surface area contributed by atoms with Gasteiger partial charge in [0.15, 0.2) is 0 Å². The minimum absolute atomic E-state index is 0.748. The van der Waals surface area contributed by atoms with Gasteiger partial charge in [-0.3, -0.25) is 0 Å². The molecule has 0 spiro atoms. The highest BCUT2D eigenvalue weighted by atomic mass is 14.6. The molecule has 2 aromatic carbocycles. The van der Waals surface area contributed by atoms with Gasteiger partial charge in [0.25, 0.3) is 0 Å². The number of aryl methyl sites for hydroxylation is 1. The maximum atomic E-state index is 3.61. The van der Waals surface area contributed by atoms with Crippen LogP contribution in [0.2, 0.25) is 0 Å². The van der Waals surface area contributed by atoms with Crippen LogP contribution >= 0.6 is 0 Å². The van der Waals surface area contributed by atoms with Crippen molar-refractivity contribution in [3.8, 4) is 0 Å². The molecular formula is C27H43N. The van der Waals surface area contributed by atoms with Gasteiger partial charge in [0, 0.05) is 7.05 Å². The molecule has 0 N–H and O–H groups in total. The molecule has 0 aromatic heterocycles. The van der Waals surface area contributed by atoms with Crippen LogP contribution in [0.1, 0.15) is 94.9 Å². The first-order valence-corrected chi connectivity index (χ1v) is 11.2. The lowest BCUT2D eigenvalue weighted by Crippen LogP contribution is -1.99. The number of benzene rings is 2. The molecule has 2 rings (SSSR count). The fraction of sp³-hybridized carbons (Fsp3) is 0.519. The van der Waals surface area contributed by atoms with Crippen LogP contribution in [0.15, 0.2) is 53.5 Å². The van der Waals surface area contributed by atoms with Crippen LogP contribution in [0.25, 0.3) is 0 Å². The molecule has 0 bridgehead atoms. The Morgan fingerprint density at radius 1 is 0.893 bits per heavy atom. The highest BCUT2D eigenvalue weighted by molar-refractivity contribution is 5.52. The van der Waals surface area contributed by atoms with E-state index >= 15 is 0 Å². The summed E-state index contributed by atoms with van der Waals surface area (Å²) in [7, 11) is 1.75. The molecule has 0 aliphatic carbocycles. The van der Waals surface area contributed by atoms with Crippen molar-refractivity contribution in [2.24, 2.45) is 4.99 Å². The Morgan fingerprint density at radius 3 is 2.00 bits per heavy atom. The predicted molar refractivity (Wildman–Crippen MR) is 129 cm³/mol. The van der Waals surface area contributed by atoms with Crippen LogP contribution in [0.5, 0.6) is 0 Å². The SMILES string of the molecule is CC.CC=NC.CCCCC(CCC)c1ccc(Cc2ccccc2C)cc1. The number of hydrogen-bond donors (Lipinski definition) is 0. The van der Waals surface area contributed by atoms with E-state index in [-0.39, 0.29) is 0 Å². The third-order valence-electron chi connectivity index (χ3n) is 4.91. The fourth-order valence-electron chi connectivity index (χ4n) is 3.21. The average molecular weight is 382 g/mol. The molecule has 0 saturated heterocycles. The third-order valence-corrected chi connectivity index (χ3v) is 4.91. The number of unbranched alkanes of at least 4 members (excludes halogenated alkanes) is 1. The Hall–Kier alpha value is -1.89. The Bertz CT molecular complexity index is 621. The molecule has 1 unspecified atom stereocenters. The summed E-state index contributed by atoms with van der Waals surface area (Å²) in [5.41, 5.74) is 5.78. The van der Waals surface area contributed by atoms with Crippen molar-refractivity contribution in [3.05, 3.63) is 70.8 Å². The molecule has 0 saturated carbocycles. The van der Waals surface area contributed by atoms with Gasteiger partial charge in [-0.05, 0) is 67.5 Å². The second kappa shape index (κ2) is 17.2. The molecule has 28 heavy (non-hydrogen) atoms. The van der Waals surface area contributed by atoms with Gasteiger partial charge < -0.3 is 4.99 Å². The summed E-state index contributed by atoms with van der Waals surface area (Å²) in [4.78, 5) is 3.61. The minimum atomic E-state index is 0.748. The van der Waals surface area contributed by atoms with Crippen LogP contribution in [-0.2, 0) is 6.42 Å². The van der Waals surface area contributed by atoms with E-state index in [0.29, 0.717) is 0 Å². The summed E-state index contributed by atoms with van der Waals surface area (Å²) in [6.45, 7) is 12.7. The highest BCUT2D eigenvalue weighted by Gasteiger charge is 2.10. The minimum Gasteiger partial charge on any atom is -0.301 e. The van der Waals surface area contributed by atoms with Crippen LogP contribution in [0.3, 0.4) is 0 Å². The van der Waals surface area contributed by atoms with Crippen molar-refractivity contribution in [1.29, 1.82) is 0 Å². The van der Waals surface area contributed by atoms with Gasteiger partial charge in [0.2, 0.25) is 0 Å². The van der Waals surface area contributed by atoms with Gasteiger partial charge in [-0.25, -0.2) is 0 Å². The lowest BCUT2D eigenvalue weighted by molar-refractivity contribution is 0.541. The summed E-state index contributed by atoms with van der Waals surface area (Å²) in [5.74, 6) is 0.748. The van der Waals surface area contributed by atoms with Gasteiger partial charge in [0.05, 0.1) is 0 Å². The van der Waals surface area contributed by atoms with E-state index in [2.05, 4.69) is 74.3 Å². The zero-order valence-corrected chi connectivity index (χ0v) is 19.5. The standard InChI is InChI=1S/C22H30.C3H7N.C2H6/c1-4-6-11-20(9-5-2)21-15-13-19(14-16-21)17-22-12-8-7-10-18(22)3;1-3-4-2;1-2/h7-8,10,12-16,20H,4-6,9,11,17H2,1-3H3;3H,1-2H3;1-2H3. The zero-order chi connectivity index (χ0) is 21.2. The van der Waals surface area contributed by atoms with Gasteiger partial charge >= 0.3 is 0 Å². The predicted octanol–water partition coefficient (Wildman–Crippen LogP) is 8.39. The van der Waals surface area contributed by atoms with Gasteiger partial charge in [-0.1, -0.05) is 95.5 Å². The molecule has 0 amide bonds.